The van der Waals surface area contributed by atoms with Gasteiger partial charge in [-0.15, -0.1) is 0 Å². The lowest BCUT2D eigenvalue weighted by molar-refractivity contribution is -0.141. The van der Waals surface area contributed by atoms with E-state index in [1.807, 2.05) is 0 Å². The van der Waals surface area contributed by atoms with Crippen molar-refractivity contribution in [3.8, 4) is 0 Å². The molecule has 0 N–H and O–H groups in total. The zero-order valence-electron chi connectivity index (χ0n) is 9.39. The molecule has 0 spiro atoms. The molecule has 1 aromatic heterocycles. The molecule has 106 valence electrons. The predicted molar refractivity (Wildman–Crippen MR) is 49.9 cm³/mol. The number of aromatic nitrogens is 1. The number of halogens is 6. The van der Waals surface area contributed by atoms with Crippen LogP contribution in [-0.4, -0.2) is 18.1 Å². The summed E-state index contributed by atoms with van der Waals surface area (Å²) in [5.74, 6) is -2.94. The van der Waals surface area contributed by atoms with Gasteiger partial charge in [-0.3, -0.25) is 4.79 Å². The zero-order valence-corrected chi connectivity index (χ0v) is 9.39. The SMILES string of the molecule is COC(=O)Cc1c(C(F)(F)F)cnc(F)c1C(F)F. The van der Waals surface area contributed by atoms with E-state index in [9.17, 15) is 31.1 Å². The molecule has 9 heteroatoms. The molecule has 0 aliphatic rings. The van der Waals surface area contributed by atoms with Gasteiger partial charge in [0.1, 0.15) is 0 Å². The standard InChI is InChI=1S/C10H7F6NO2/c1-19-6(18)2-4-5(10(14,15)16)3-17-9(13)7(4)8(11)12/h3,8H,2H2,1H3. The number of esters is 1. The summed E-state index contributed by atoms with van der Waals surface area (Å²) in [5, 5.41) is 0. The maximum atomic E-state index is 13.1. The fourth-order valence-corrected chi connectivity index (χ4v) is 1.41. The molecule has 0 unspecified atom stereocenters. The van der Waals surface area contributed by atoms with Crippen LogP contribution in [0, 0.1) is 5.95 Å². The van der Waals surface area contributed by atoms with Gasteiger partial charge in [0.05, 0.1) is 24.7 Å². The van der Waals surface area contributed by atoms with Crippen LogP contribution in [0.2, 0.25) is 0 Å². The molecular weight excluding hydrogens is 280 g/mol. The number of alkyl halides is 5. The summed E-state index contributed by atoms with van der Waals surface area (Å²) in [6.07, 6.45) is -9.62. The highest BCUT2D eigenvalue weighted by molar-refractivity contribution is 5.73. The van der Waals surface area contributed by atoms with E-state index in [0.717, 1.165) is 7.11 Å². The zero-order chi connectivity index (χ0) is 14.8. The first-order valence-electron chi connectivity index (χ1n) is 4.78. The lowest BCUT2D eigenvalue weighted by Gasteiger charge is -2.15. The minimum atomic E-state index is -5.03. The van der Waals surface area contributed by atoms with Gasteiger partial charge in [-0.25, -0.2) is 13.8 Å². The number of ether oxygens (including phenoxy) is 1. The van der Waals surface area contributed by atoms with E-state index >= 15 is 0 Å². The summed E-state index contributed by atoms with van der Waals surface area (Å²) in [4.78, 5) is 13.6. The summed E-state index contributed by atoms with van der Waals surface area (Å²) >= 11 is 0. The molecule has 0 aliphatic carbocycles. The van der Waals surface area contributed by atoms with Crippen LogP contribution in [0.25, 0.3) is 0 Å². The molecule has 0 saturated carbocycles. The fourth-order valence-electron chi connectivity index (χ4n) is 1.41. The van der Waals surface area contributed by atoms with Gasteiger partial charge in [-0.1, -0.05) is 0 Å². The van der Waals surface area contributed by atoms with E-state index in [0.29, 0.717) is 0 Å². The monoisotopic (exact) mass is 287 g/mol. The molecule has 0 bridgehead atoms. The number of pyridine rings is 1. The van der Waals surface area contributed by atoms with Gasteiger partial charge in [-0.2, -0.15) is 17.6 Å². The van der Waals surface area contributed by atoms with Crippen molar-refractivity contribution in [2.45, 2.75) is 19.0 Å². The van der Waals surface area contributed by atoms with E-state index < -0.39 is 47.6 Å². The second-order valence-electron chi connectivity index (χ2n) is 3.41. The van der Waals surface area contributed by atoms with Crippen LogP contribution in [0.5, 0.6) is 0 Å². The minimum Gasteiger partial charge on any atom is -0.469 e. The van der Waals surface area contributed by atoms with E-state index in [1.165, 1.54) is 0 Å². The number of methoxy groups -OCH3 is 1. The maximum absolute atomic E-state index is 13.1. The smallest absolute Gasteiger partial charge is 0.418 e. The van der Waals surface area contributed by atoms with E-state index in [1.54, 1.807) is 0 Å². The van der Waals surface area contributed by atoms with Crippen molar-refractivity contribution in [3.05, 3.63) is 28.8 Å². The highest BCUT2D eigenvalue weighted by atomic mass is 19.4. The lowest BCUT2D eigenvalue weighted by atomic mass is 10.0. The van der Waals surface area contributed by atoms with Crippen LogP contribution in [-0.2, 0) is 22.1 Å². The van der Waals surface area contributed by atoms with Crippen LogP contribution in [0.4, 0.5) is 26.3 Å². The first kappa shape index (κ1) is 15.3. The average Bonchev–Trinajstić information content (AvgIpc) is 2.26. The highest BCUT2D eigenvalue weighted by Crippen LogP contribution is 2.36. The summed E-state index contributed by atoms with van der Waals surface area (Å²) in [5.41, 5.74) is -4.29. The quantitative estimate of drug-likeness (QED) is 0.487. The Morgan fingerprint density at radius 2 is 2.00 bits per heavy atom. The molecule has 0 saturated heterocycles. The summed E-state index contributed by atoms with van der Waals surface area (Å²) in [7, 11) is 0.870. The van der Waals surface area contributed by atoms with Gasteiger partial charge in [0, 0.05) is 6.20 Å². The van der Waals surface area contributed by atoms with Crippen molar-refractivity contribution in [1.82, 2.24) is 4.98 Å². The van der Waals surface area contributed by atoms with Gasteiger partial charge in [0.2, 0.25) is 5.95 Å². The topological polar surface area (TPSA) is 39.2 Å². The lowest BCUT2D eigenvalue weighted by Crippen LogP contribution is -2.18. The Bertz CT molecular complexity index is 486. The summed E-state index contributed by atoms with van der Waals surface area (Å²) < 4.78 is 80.3. The van der Waals surface area contributed by atoms with Crippen molar-refractivity contribution in [2.24, 2.45) is 0 Å². The predicted octanol–water partition coefficient (Wildman–Crippen LogP) is 2.89. The molecule has 0 aliphatic heterocycles. The first-order chi connectivity index (χ1) is 8.68. The molecule has 1 heterocycles. The van der Waals surface area contributed by atoms with E-state index in [2.05, 4.69) is 9.72 Å². The Morgan fingerprint density at radius 3 is 2.42 bits per heavy atom. The first-order valence-corrected chi connectivity index (χ1v) is 4.78. The molecule has 0 amide bonds. The molecule has 0 aromatic carbocycles. The van der Waals surface area contributed by atoms with Crippen LogP contribution in [0.3, 0.4) is 0 Å². The Hall–Kier alpha value is -1.80. The third-order valence-corrected chi connectivity index (χ3v) is 2.25. The fraction of sp³-hybridized carbons (Fsp3) is 0.400. The number of hydrogen-bond donors (Lipinski definition) is 0. The van der Waals surface area contributed by atoms with Crippen molar-refractivity contribution in [1.29, 1.82) is 0 Å². The van der Waals surface area contributed by atoms with Crippen LogP contribution in [0.1, 0.15) is 23.1 Å². The number of carbonyl (C=O) groups excluding carboxylic acids is 1. The number of carbonyl (C=O) groups is 1. The van der Waals surface area contributed by atoms with Gasteiger partial charge in [0.15, 0.2) is 0 Å². The molecule has 19 heavy (non-hydrogen) atoms. The van der Waals surface area contributed by atoms with Gasteiger partial charge >= 0.3 is 12.1 Å². The van der Waals surface area contributed by atoms with Crippen molar-refractivity contribution in [2.75, 3.05) is 7.11 Å². The average molecular weight is 287 g/mol. The second kappa shape index (κ2) is 5.45. The summed E-state index contributed by atoms with van der Waals surface area (Å²) in [6, 6.07) is 0. The van der Waals surface area contributed by atoms with Gasteiger partial charge in [0.25, 0.3) is 6.43 Å². The molecule has 0 atom stereocenters. The van der Waals surface area contributed by atoms with E-state index in [-0.39, 0.29) is 6.20 Å². The highest BCUT2D eigenvalue weighted by Gasteiger charge is 2.38. The Kier molecular flexibility index (Phi) is 4.38. The molecule has 3 nitrogen and oxygen atoms in total. The van der Waals surface area contributed by atoms with Crippen LogP contribution in [0.15, 0.2) is 6.20 Å². The number of hydrogen-bond acceptors (Lipinski definition) is 3. The van der Waals surface area contributed by atoms with Crippen molar-refractivity contribution < 1.29 is 35.9 Å². The van der Waals surface area contributed by atoms with Gasteiger partial charge in [-0.05, 0) is 5.56 Å². The normalized spacial score (nSPS) is 11.8. The molecule has 0 radical (unpaired) electrons. The second-order valence-corrected chi connectivity index (χ2v) is 3.41. The van der Waals surface area contributed by atoms with E-state index in [4.69, 9.17) is 0 Å². The number of rotatable bonds is 3. The maximum Gasteiger partial charge on any atom is 0.418 e. The summed E-state index contributed by atoms with van der Waals surface area (Å²) in [6.45, 7) is 0. The third kappa shape index (κ3) is 3.36. The van der Waals surface area contributed by atoms with Crippen molar-refractivity contribution >= 4 is 5.97 Å². The minimum absolute atomic E-state index is 0.0689. The number of nitrogens with zero attached hydrogens (tertiary/aromatic N) is 1. The van der Waals surface area contributed by atoms with Crippen LogP contribution < -0.4 is 0 Å². The molecular formula is C10H7F6NO2. The third-order valence-electron chi connectivity index (χ3n) is 2.25. The molecule has 1 aromatic rings. The molecule has 1 rings (SSSR count). The Balaban J connectivity index is 3.49. The van der Waals surface area contributed by atoms with Gasteiger partial charge < -0.3 is 4.74 Å². The Morgan fingerprint density at radius 1 is 1.42 bits per heavy atom. The van der Waals surface area contributed by atoms with Crippen LogP contribution >= 0.6 is 0 Å². The van der Waals surface area contributed by atoms with Crippen molar-refractivity contribution in [3.63, 3.8) is 0 Å². The largest absolute Gasteiger partial charge is 0.469 e. The molecule has 0 fully saturated rings. The Labute approximate surface area is 103 Å².